The Balaban J connectivity index is 1.97. The second-order valence-electron chi connectivity index (χ2n) is 4.68. The van der Waals surface area contributed by atoms with Gasteiger partial charge in [0.15, 0.2) is 0 Å². The molecule has 2 rings (SSSR count). The number of benzene rings is 1. The van der Waals surface area contributed by atoms with E-state index >= 15 is 0 Å². The molecule has 2 N–H and O–H groups in total. The van der Waals surface area contributed by atoms with Crippen molar-refractivity contribution in [3.8, 4) is 0 Å². The van der Waals surface area contributed by atoms with E-state index in [9.17, 15) is 9.18 Å². The second kappa shape index (κ2) is 6.26. The summed E-state index contributed by atoms with van der Waals surface area (Å²) in [6, 6.07) is 4.35. The van der Waals surface area contributed by atoms with Gasteiger partial charge in [-0.25, -0.2) is 4.39 Å². The highest BCUT2D eigenvalue weighted by Crippen LogP contribution is 2.16. The molecule has 0 fully saturated rings. The van der Waals surface area contributed by atoms with Crippen LogP contribution in [0, 0.1) is 19.7 Å². The molecular formula is C14H15BrFN3O2. The SMILES string of the molecule is Cc1nn(CC(=O)OCc2cc(F)cc(Br)c2)c(C)c1N. The number of hydrogen-bond acceptors (Lipinski definition) is 4. The van der Waals surface area contributed by atoms with E-state index < -0.39 is 5.97 Å². The summed E-state index contributed by atoms with van der Waals surface area (Å²) in [5.41, 5.74) is 8.33. The number of ether oxygens (including phenoxy) is 1. The highest BCUT2D eigenvalue weighted by molar-refractivity contribution is 9.10. The van der Waals surface area contributed by atoms with Gasteiger partial charge in [-0.1, -0.05) is 15.9 Å². The fraction of sp³-hybridized carbons (Fsp3) is 0.286. The van der Waals surface area contributed by atoms with E-state index in [-0.39, 0.29) is 19.0 Å². The first-order chi connectivity index (χ1) is 9.86. The van der Waals surface area contributed by atoms with Gasteiger partial charge in [0.1, 0.15) is 19.0 Å². The Kier molecular flexibility index (Phi) is 4.62. The maximum Gasteiger partial charge on any atom is 0.328 e. The average molecular weight is 356 g/mol. The normalized spacial score (nSPS) is 10.7. The van der Waals surface area contributed by atoms with E-state index in [2.05, 4.69) is 21.0 Å². The molecule has 0 unspecified atom stereocenters. The smallest absolute Gasteiger partial charge is 0.328 e. The van der Waals surface area contributed by atoms with Gasteiger partial charge in [0.25, 0.3) is 0 Å². The fourth-order valence-corrected chi connectivity index (χ4v) is 2.40. The number of aryl methyl sites for hydroxylation is 1. The van der Waals surface area contributed by atoms with E-state index in [0.717, 1.165) is 5.69 Å². The lowest BCUT2D eigenvalue weighted by Crippen LogP contribution is -2.15. The van der Waals surface area contributed by atoms with Crippen molar-refractivity contribution in [3.63, 3.8) is 0 Å². The van der Waals surface area contributed by atoms with Crippen LogP contribution < -0.4 is 5.73 Å². The average Bonchev–Trinajstić information content (AvgIpc) is 2.63. The topological polar surface area (TPSA) is 70.1 Å². The molecule has 0 saturated heterocycles. The van der Waals surface area contributed by atoms with Gasteiger partial charge < -0.3 is 10.5 Å². The van der Waals surface area contributed by atoms with Gasteiger partial charge in [-0.2, -0.15) is 5.10 Å². The molecule has 2 aromatic rings. The Bertz CT molecular complexity index is 665. The van der Waals surface area contributed by atoms with Gasteiger partial charge in [-0.3, -0.25) is 9.48 Å². The van der Waals surface area contributed by atoms with E-state index in [1.165, 1.54) is 16.8 Å². The zero-order valence-electron chi connectivity index (χ0n) is 11.7. The fourth-order valence-electron chi connectivity index (χ4n) is 1.89. The quantitative estimate of drug-likeness (QED) is 0.856. The van der Waals surface area contributed by atoms with Crippen LogP contribution in [0.4, 0.5) is 10.1 Å². The summed E-state index contributed by atoms with van der Waals surface area (Å²) in [6.45, 7) is 3.53. The van der Waals surface area contributed by atoms with Crippen LogP contribution in [0.25, 0.3) is 0 Å². The Labute approximate surface area is 130 Å². The zero-order valence-corrected chi connectivity index (χ0v) is 13.3. The van der Waals surface area contributed by atoms with Crippen molar-refractivity contribution >= 4 is 27.6 Å². The highest BCUT2D eigenvalue weighted by Gasteiger charge is 2.12. The number of nitrogens with zero attached hydrogens (tertiary/aromatic N) is 2. The third kappa shape index (κ3) is 3.81. The third-order valence-corrected chi connectivity index (χ3v) is 3.50. The van der Waals surface area contributed by atoms with Gasteiger partial charge in [0.05, 0.1) is 17.1 Å². The molecule has 0 aliphatic rings. The summed E-state index contributed by atoms with van der Waals surface area (Å²) < 4.78 is 20.4. The monoisotopic (exact) mass is 355 g/mol. The minimum Gasteiger partial charge on any atom is -0.459 e. The molecule has 5 nitrogen and oxygen atoms in total. The standard InChI is InChI=1S/C14H15BrFN3O2/c1-8-14(17)9(2)19(18-8)6-13(20)21-7-10-3-11(15)5-12(16)4-10/h3-5H,6-7,17H2,1-2H3. The Morgan fingerprint density at radius 1 is 1.43 bits per heavy atom. The summed E-state index contributed by atoms with van der Waals surface area (Å²) in [5.74, 6) is -0.845. The van der Waals surface area contributed by atoms with Crippen LogP contribution in [0.3, 0.4) is 0 Å². The van der Waals surface area contributed by atoms with Crippen LogP contribution in [0.2, 0.25) is 0 Å². The second-order valence-corrected chi connectivity index (χ2v) is 5.60. The zero-order chi connectivity index (χ0) is 15.6. The van der Waals surface area contributed by atoms with E-state index in [0.29, 0.717) is 21.4 Å². The van der Waals surface area contributed by atoms with Crippen LogP contribution in [-0.4, -0.2) is 15.7 Å². The predicted molar refractivity (Wildman–Crippen MR) is 80.0 cm³/mol. The Hall–Kier alpha value is -1.89. The first kappa shape index (κ1) is 15.5. The van der Waals surface area contributed by atoms with Crippen molar-refractivity contribution in [2.45, 2.75) is 27.0 Å². The molecule has 0 spiro atoms. The molecule has 1 heterocycles. The highest BCUT2D eigenvalue weighted by atomic mass is 79.9. The van der Waals surface area contributed by atoms with Gasteiger partial charge in [-0.05, 0) is 37.6 Å². The molecule has 0 saturated carbocycles. The molecule has 0 atom stereocenters. The third-order valence-electron chi connectivity index (χ3n) is 3.04. The van der Waals surface area contributed by atoms with E-state index in [1.54, 1.807) is 19.9 Å². The van der Waals surface area contributed by atoms with Gasteiger partial charge >= 0.3 is 5.97 Å². The van der Waals surface area contributed by atoms with Crippen LogP contribution in [0.1, 0.15) is 17.0 Å². The number of nitrogens with two attached hydrogens (primary N) is 1. The van der Waals surface area contributed by atoms with Crippen LogP contribution in [-0.2, 0) is 22.7 Å². The lowest BCUT2D eigenvalue weighted by Gasteiger charge is -2.07. The number of carbonyl (C=O) groups is 1. The number of nitrogen functional groups attached to an aromatic ring is 1. The number of carbonyl (C=O) groups excluding carboxylic acids is 1. The largest absolute Gasteiger partial charge is 0.459 e. The van der Waals surface area contributed by atoms with Crippen molar-refractivity contribution in [2.24, 2.45) is 0 Å². The van der Waals surface area contributed by atoms with Crippen LogP contribution in [0.15, 0.2) is 22.7 Å². The first-order valence-electron chi connectivity index (χ1n) is 6.27. The Morgan fingerprint density at radius 3 is 2.71 bits per heavy atom. The van der Waals surface area contributed by atoms with Gasteiger partial charge in [0, 0.05) is 4.47 Å². The van der Waals surface area contributed by atoms with Gasteiger partial charge in [0.2, 0.25) is 0 Å². The summed E-state index contributed by atoms with van der Waals surface area (Å²) in [6.07, 6.45) is 0. The number of hydrogen-bond donors (Lipinski definition) is 1. The number of anilines is 1. The van der Waals surface area contributed by atoms with Crippen LogP contribution >= 0.6 is 15.9 Å². The number of esters is 1. The lowest BCUT2D eigenvalue weighted by molar-refractivity contribution is -0.145. The summed E-state index contributed by atoms with van der Waals surface area (Å²) >= 11 is 3.19. The van der Waals surface area contributed by atoms with Crippen molar-refractivity contribution < 1.29 is 13.9 Å². The minimum atomic E-state index is -0.457. The molecule has 0 radical (unpaired) electrons. The number of halogens is 2. The molecule has 21 heavy (non-hydrogen) atoms. The van der Waals surface area contributed by atoms with Crippen molar-refractivity contribution in [1.82, 2.24) is 9.78 Å². The van der Waals surface area contributed by atoms with E-state index in [1.807, 2.05) is 0 Å². The predicted octanol–water partition coefficient (Wildman–Crippen LogP) is 2.73. The van der Waals surface area contributed by atoms with Crippen molar-refractivity contribution in [3.05, 3.63) is 45.4 Å². The van der Waals surface area contributed by atoms with Crippen LogP contribution in [0.5, 0.6) is 0 Å². The Morgan fingerprint density at radius 2 is 2.14 bits per heavy atom. The van der Waals surface area contributed by atoms with Crippen molar-refractivity contribution in [1.29, 1.82) is 0 Å². The maximum absolute atomic E-state index is 13.2. The molecule has 0 aliphatic heterocycles. The number of rotatable bonds is 4. The molecule has 7 heteroatoms. The molecule has 0 aliphatic carbocycles. The summed E-state index contributed by atoms with van der Waals surface area (Å²) in [4.78, 5) is 11.8. The minimum absolute atomic E-state index is 0.00394. The molecule has 0 bridgehead atoms. The molecular weight excluding hydrogens is 341 g/mol. The lowest BCUT2D eigenvalue weighted by atomic mass is 10.2. The van der Waals surface area contributed by atoms with E-state index in [4.69, 9.17) is 10.5 Å². The molecule has 1 aromatic carbocycles. The summed E-state index contributed by atoms with van der Waals surface area (Å²) in [7, 11) is 0. The van der Waals surface area contributed by atoms with Gasteiger partial charge in [-0.15, -0.1) is 0 Å². The summed E-state index contributed by atoms with van der Waals surface area (Å²) in [5, 5.41) is 4.16. The first-order valence-corrected chi connectivity index (χ1v) is 7.06. The molecule has 0 amide bonds. The molecule has 1 aromatic heterocycles. The van der Waals surface area contributed by atoms with Crippen molar-refractivity contribution in [2.75, 3.05) is 5.73 Å². The molecule has 112 valence electrons. The number of aromatic nitrogens is 2. The maximum atomic E-state index is 13.2.